The van der Waals surface area contributed by atoms with Crippen LogP contribution in [0.5, 0.6) is 0 Å². The Labute approximate surface area is 120 Å². The van der Waals surface area contributed by atoms with E-state index in [9.17, 15) is 4.79 Å². The average molecular weight is 296 g/mol. The Kier molecular flexibility index (Phi) is 3.33. The lowest BCUT2D eigenvalue weighted by atomic mass is 10.3. The van der Waals surface area contributed by atoms with Gasteiger partial charge in [0.1, 0.15) is 4.88 Å². The van der Waals surface area contributed by atoms with Crippen LogP contribution in [0.3, 0.4) is 0 Å². The SMILES string of the molecule is Cn1cc(CN(C(=O)c2sccc2Cl)C2CC2)cn1. The number of halogens is 1. The van der Waals surface area contributed by atoms with Gasteiger partial charge in [-0.3, -0.25) is 9.48 Å². The first-order valence-electron chi connectivity index (χ1n) is 6.16. The zero-order valence-corrected chi connectivity index (χ0v) is 12.1. The number of aryl methyl sites for hydroxylation is 1. The van der Waals surface area contributed by atoms with Crippen LogP contribution in [-0.4, -0.2) is 26.6 Å². The number of thiophene rings is 1. The van der Waals surface area contributed by atoms with Crippen molar-refractivity contribution in [2.75, 3.05) is 0 Å². The molecule has 6 heteroatoms. The first-order chi connectivity index (χ1) is 9.15. The third-order valence-electron chi connectivity index (χ3n) is 3.17. The van der Waals surface area contributed by atoms with Crippen molar-refractivity contribution in [3.05, 3.63) is 39.3 Å². The maximum atomic E-state index is 12.5. The minimum Gasteiger partial charge on any atom is -0.330 e. The smallest absolute Gasteiger partial charge is 0.266 e. The molecule has 0 radical (unpaired) electrons. The zero-order chi connectivity index (χ0) is 13.4. The topological polar surface area (TPSA) is 38.1 Å². The Morgan fingerprint density at radius 1 is 1.63 bits per heavy atom. The Morgan fingerprint density at radius 3 is 2.95 bits per heavy atom. The van der Waals surface area contributed by atoms with Crippen LogP contribution in [-0.2, 0) is 13.6 Å². The van der Waals surface area contributed by atoms with Gasteiger partial charge in [0.15, 0.2) is 0 Å². The van der Waals surface area contributed by atoms with Crippen LogP contribution in [0.2, 0.25) is 5.02 Å². The molecule has 0 unspecified atom stereocenters. The molecule has 0 atom stereocenters. The molecule has 1 fully saturated rings. The predicted molar refractivity (Wildman–Crippen MR) is 75.4 cm³/mol. The molecule has 1 amide bonds. The summed E-state index contributed by atoms with van der Waals surface area (Å²) in [6.45, 7) is 0.603. The van der Waals surface area contributed by atoms with Crippen molar-refractivity contribution in [3.8, 4) is 0 Å². The molecule has 0 bridgehead atoms. The number of hydrogen-bond donors (Lipinski definition) is 0. The summed E-state index contributed by atoms with van der Waals surface area (Å²) in [6, 6.07) is 2.13. The average Bonchev–Trinajstić information content (AvgIpc) is 3.01. The molecule has 2 heterocycles. The lowest BCUT2D eigenvalue weighted by Gasteiger charge is -2.21. The number of hydrogen-bond acceptors (Lipinski definition) is 3. The second kappa shape index (κ2) is 4.98. The Bertz CT molecular complexity index is 603. The van der Waals surface area contributed by atoms with Crippen molar-refractivity contribution >= 4 is 28.8 Å². The van der Waals surface area contributed by atoms with Crippen molar-refractivity contribution in [1.29, 1.82) is 0 Å². The summed E-state index contributed by atoms with van der Waals surface area (Å²) in [5, 5.41) is 6.54. The van der Waals surface area contributed by atoms with Gasteiger partial charge >= 0.3 is 0 Å². The zero-order valence-electron chi connectivity index (χ0n) is 10.5. The van der Waals surface area contributed by atoms with Gasteiger partial charge in [-0.15, -0.1) is 11.3 Å². The minimum absolute atomic E-state index is 0.0337. The van der Waals surface area contributed by atoms with Gasteiger partial charge in [-0.05, 0) is 24.3 Å². The molecule has 1 aliphatic rings. The summed E-state index contributed by atoms with van der Waals surface area (Å²) < 4.78 is 1.75. The van der Waals surface area contributed by atoms with E-state index in [4.69, 9.17) is 11.6 Å². The number of amides is 1. The fourth-order valence-corrected chi connectivity index (χ4v) is 3.17. The quantitative estimate of drug-likeness (QED) is 0.870. The molecule has 2 aromatic rings. The number of nitrogens with zero attached hydrogens (tertiary/aromatic N) is 3. The summed E-state index contributed by atoms with van der Waals surface area (Å²) in [7, 11) is 1.88. The summed E-state index contributed by atoms with van der Waals surface area (Å²) in [6.07, 6.45) is 5.90. The highest BCUT2D eigenvalue weighted by atomic mass is 35.5. The number of rotatable bonds is 4. The van der Waals surface area contributed by atoms with Crippen molar-refractivity contribution in [1.82, 2.24) is 14.7 Å². The van der Waals surface area contributed by atoms with E-state index in [0.29, 0.717) is 22.5 Å². The van der Waals surface area contributed by atoms with E-state index in [0.717, 1.165) is 18.4 Å². The van der Waals surface area contributed by atoms with E-state index in [1.165, 1.54) is 11.3 Å². The number of carbonyl (C=O) groups excluding carboxylic acids is 1. The maximum Gasteiger partial charge on any atom is 0.266 e. The van der Waals surface area contributed by atoms with Gasteiger partial charge in [-0.25, -0.2) is 0 Å². The Hall–Kier alpha value is -1.33. The van der Waals surface area contributed by atoms with Gasteiger partial charge in [0, 0.05) is 31.4 Å². The van der Waals surface area contributed by atoms with E-state index in [1.54, 1.807) is 16.9 Å². The van der Waals surface area contributed by atoms with Crippen LogP contribution < -0.4 is 0 Å². The van der Waals surface area contributed by atoms with Crippen LogP contribution in [0.15, 0.2) is 23.8 Å². The standard InChI is InChI=1S/C13H14ClN3OS/c1-16-7-9(6-15-16)8-17(10-2-3-10)13(18)12-11(14)4-5-19-12/h4-7,10H,2-3,8H2,1H3. The Balaban J connectivity index is 1.81. The normalized spacial score (nSPS) is 14.6. The first-order valence-corrected chi connectivity index (χ1v) is 7.42. The van der Waals surface area contributed by atoms with Crippen LogP contribution in [0.25, 0.3) is 0 Å². The molecular weight excluding hydrogens is 282 g/mol. The number of aromatic nitrogens is 2. The monoisotopic (exact) mass is 295 g/mol. The fraction of sp³-hybridized carbons (Fsp3) is 0.385. The molecule has 3 rings (SSSR count). The van der Waals surface area contributed by atoms with E-state index in [-0.39, 0.29) is 5.91 Å². The molecule has 0 aromatic carbocycles. The van der Waals surface area contributed by atoms with Gasteiger partial charge in [0.2, 0.25) is 0 Å². The summed E-state index contributed by atoms with van der Waals surface area (Å²) in [5.74, 6) is 0.0337. The van der Waals surface area contributed by atoms with Crippen molar-refractivity contribution in [2.24, 2.45) is 7.05 Å². The van der Waals surface area contributed by atoms with Crippen molar-refractivity contribution < 1.29 is 4.79 Å². The lowest BCUT2D eigenvalue weighted by Crippen LogP contribution is -2.32. The molecule has 4 nitrogen and oxygen atoms in total. The highest BCUT2D eigenvalue weighted by Gasteiger charge is 2.34. The van der Waals surface area contributed by atoms with Crippen LogP contribution in [0, 0.1) is 0 Å². The molecule has 0 spiro atoms. The van der Waals surface area contributed by atoms with Crippen LogP contribution >= 0.6 is 22.9 Å². The predicted octanol–water partition coefficient (Wildman–Crippen LogP) is 2.94. The fourth-order valence-electron chi connectivity index (χ4n) is 2.08. The van der Waals surface area contributed by atoms with Gasteiger partial charge in [0.05, 0.1) is 11.2 Å². The van der Waals surface area contributed by atoms with E-state index in [1.807, 2.05) is 23.5 Å². The summed E-state index contributed by atoms with van der Waals surface area (Å²) in [4.78, 5) is 15.1. The second-order valence-electron chi connectivity index (χ2n) is 4.78. The highest BCUT2D eigenvalue weighted by molar-refractivity contribution is 7.12. The van der Waals surface area contributed by atoms with Crippen LogP contribution in [0.1, 0.15) is 28.1 Å². The molecule has 2 aromatic heterocycles. The molecule has 1 saturated carbocycles. The van der Waals surface area contributed by atoms with Gasteiger partial charge in [0.25, 0.3) is 5.91 Å². The largest absolute Gasteiger partial charge is 0.330 e. The van der Waals surface area contributed by atoms with Crippen LogP contribution in [0.4, 0.5) is 0 Å². The van der Waals surface area contributed by atoms with E-state index < -0.39 is 0 Å². The van der Waals surface area contributed by atoms with Crippen molar-refractivity contribution in [2.45, 2.75) is 25.4 Å². The highest BCUT2D eigenvalue weighted by Crippen LogP contribution is 2.32. The van der Waals surface area contributed by atoms with Crippen molar-refractivity contribution in [3.63, 3.8) is 0 Å². The molecule has 0 aliphatic heterocycles. The van der Waals surface area contributed by atoms with Gasteiger partial charge in [-0.2, -0.15) is 5.10 Å². The molecule has 100 valence electrons. The van der Waals surface area contributed by atoms with Gasteiger partial charge < -0.3 is 4.90 Å². The summed E-state index contributed by atoms with van der Waals surface area (Å²) >= 11 is 7.46. The van der Waals surface area contributed by atoms with Gasteiger partial charge in [-0.1, -0.05) is 11.6 Å². The Morgan fingerprint density at radius 2 is 2.42 bits per heavy atom. The molecule has 19 heavy (non-hydrogen) atoms. The minimum atomic E-state index is 0.0337. The first kappa shape index (κ1) is 12.7. The summed E-state index contributed by atoms with van der Waals surface area (Å²) in [5.41, 5.74) is 1.05. The van der Waals surface area contributed by atoms with E-state index in [2.05, 4.69) is 5.10 Å². The maximum absolute atomic E-state index is 12.5. The molecule has 1 aliphatic carbocycles. The molecular formula is C13H14ClN3OS. The molecule has 0 saturated heterocycles. The third-order valence-corrected chi connectivity index (χ3v) is 4.50. The lowest BCUT2D eigenvalue weighted by molar-refractivity contribution is 0.0735. The molecule has 0 N–H and O–H groups in total. The number of carbonyl (C=O) groups is 1. The van der Waals surface area contributed by atoms with E-state index >= 15 is 0 Å². The third kappa shape index (κ3) is 2.67. The second-order valence-corrected chi connectivity index (χ2v) is 6.11.